The largest absolute Gasteiger partial charge is 0.398 e. The Balaban J connectivity index is 1.72. The van der Waals surface area contributed by atoms with Gasteiger partial charge in [-0.25, -0.2) is 13.4 Å². The molecule has 1 amide bonds. The van der Waals surface area contributed by atoms with Gasteiger partial charge in [0, 0.05) is 24.2 Å². The SMILES string of the molecule is CS(=O)(=O)Cc1nc2ccccc2n1CC(=O)N1CCCc2c(N)cccc21. The van der Waals surface area contributed by atoms with E-state index in [0.717, 1.165) is 29.6 Å². The highest BCUT2D eigenvalue weighted by atomic mass is 32.2. The van der Waals surface area contributed by atoms with Crippen molar-refractivity contribution >= 4 is 38.2 Å². The number of sulfone groups is 1. The second-order valence-corrected chi connectivity index (χ2v) is 9.31. The summed E-state index contributed by atoms with van der Waals surface area (Å²) >= 11 is 0. The van der Waals surface area contributed by atoms with E-state index >= 15 is 0 Å². The van der Waals surface area contributed by atoms with Gasteiger partial charge in [-0.1, -0.05) is 18.2 Å². The van der Waals surface area contributed by atoms with E-state index in [4.69, 9.17) is 5.73 Å². The van der Waals surface area contributed by atoms with Gasteiger partial charge < -0.3 is 15.2 Å². The van der Waals surface area contributed by atoms with E-state index in [1.165, 1.54) is 6.26 Å². The van der Waals surface area contributed by atoms with E-state index in [9.17, 15) is 13.2 Å². The summed E-state index contributed by atoms with van der Waals surface area (Å²) in [5.41, 5.74) is 10.0. The van der Waals surface area contributed by atoms with Crippen molar-refractivity contribution in [3.05, 3.63) is 53.9 Å². The zero-order valence-corrected chi connectivity index (χ0v) is 16.4. The zero-order valence-electron chi connectivity index (χ0n) is 15.6. The maximum absolute atomic E-state index is 13.2. The fourth-order valence-corrected chi connectivity index (χ4v) is 4.47. The number of para-hydroxylation sites is 2. The van der Waals surface area contributed by atoms with Crippen molar-refractivity contribution in [1.29, 1.82) is 0 Å². The quantitative estimate of drug-likeness (QED) is 0.679. The van der Waals surface area contributed by atoms with Gasteiger partial charge in [-0.2, -0.15) is 0 Å². The molecule has 0 spiro atoms. The lowest BCUT2D eigenvalue weighted by molar-refractivity contribution is -0.119. The molecular weight excluding hydrogens is 376 g/mol. The number of nitrogens with two attached hydrogens (primary N) is 1. The van der Waals surface area contributed by atoms with Crippen molar-refractivity contribution < 1.29 is 13.2 Å². The molecule has 0 radical (unpaired) electrons. The number of amides is 1. The van der Waals surface area contributed by atoms with Crippen LogP contribution in [0.3, 0.4) is 0 Å². The third kappa shape index (κ3) is 3.47. The van der Waals surface area contributed by atoms with E-state index in [1.807, 2.05) is 42.5 Å². The van der Waals surface area contributed by atoms with Gasteiger partial charge >= 0.3 is 0 Å². The third-order valence-electron chi connectivity index (χ3n) is 5.01. The molecule has 1 aromatic heterocycles. The summed E-state index contributed by atoms with van der Waals surface area (Å²) in [5.74, 6) is 0.0599. The third-order valence-corrected chi connectivity index (χ3v) is 5.79. The highest BCUT2D eigenvalue weighted by Gasteiger charge is 2.25. The summed E-state index contributed by atoms with van der Waals surface area (Å²) in [7, 11) is -3.29. The van der Waals surface area contributed by atoms with Crippen LogP contribution in [-0.4, -0.2) is 36.7 Å². The first-order chi connectivity index (χ1) is 13.3. The number of carbonyl (C=O) groups is 1. The molecule has 2 N–H and O–H groups in total. The van der Waals surface area contributed by atoms with Gasteiger partial charge in [-0.3, -0.25) is 4.79 Å². The first-order valence-electron chi connectivity index (χ1n) is 9.13. The Morgan fingerprint density at radius 2 is 1.96 bits per heavy atom. The minimum atomic E-state index is -3.29. The molecule has 0 saturated heterocycles. The van der Waals surface area contributed by atoms with Gasteiger partial charge in [-0.05, 0) is 42.7 Å². The average Bonchev–Trinajstić information content (AvgIpc) is 2.97. The number of nitrogens with zero attached hydrogens (tertiary/aromatic N) is 3. The summed E-state index contributed by atoms with van der Waals surface area (Å²) < 4.78 is 25.4. The molecule has 0 unspecified atom stereocenters. The molecule has 0 bridgehead atoms. The van der Waals surface area contributed by atoms with Gasteiger partial charge in [0.25, 0.3) is 0 Å². The molecule has 4 rings (SSSR count). The monoisotopic (exact) mass is 398 g/mol. The Morgan fingerprint density at radius 1 is 1.18 bits per heavy atom. The van der Waals surface area contributed by atoms with Gasteiger partial charge in [0.2, 0.25) is 5.91 Å². The number of imidazole rings is 1. The Kier molecular flexibility index (Phi) is 4.58. The van der Waals surface area contributed by atoms with E-state index in [-0.39, 0.29) is 18.2 Å². The summed E-state index contributed by atoms with van der Waals surface area (Å²) in [6, 6.07) is 13.0. The number of benzene rings is 2. The van der Waals surface area contributed by atoms with Crippen LogP contribution in [0, 0.1) is 0 Å². The normalized spacial score (nSPS) is 14.2. The summed E-state index contributed by atoms with van der Waals surface area (Å²) in [4.78, 5) is 19.4. The Morgan fingerprint density at radius 3 is 2.75 bits per heavy atom. The Hall–Kier alpha value is -2.87. The molecule has 2 heterocycles. The van der Waals surface area contributed by atoms with Crippen LogP contribution in [0.15, 0.2) is 42.5 Å². The topological polar surface area (TPSA) is 98.3 Å². The Labute approximate surface area is 163 Å². The van der Waals surface area contributed by atoms with E-state index in [1.54, 1.807) is 9.47 Å². The molecule has 0 aliphatic carbocycles. The first-order valence-corrected chi connectivity index (χ1v) is 11.2. The predicted octanol–water partition coefficient (Wildman–Crippen LogP) is 2.14. The molecule has 28 heavy (non-hydrogen) atoms. The smallest absolute Gasteiger partial charge is 0.246 e. The molecule has 2 aromatic carbocycles. The predicted molar refractivity (Wildman–Crippen MR) is 110 cm³/mol. The number of hydrogen-bond donors (Lipinski definition) is 1. The van der Waals surface area contributed by atoms with Crippen LogP contribution in [-0.2, 0) is 33.4 Å². The number of fused-ring (bicyclic) bond motifs is 2. The van der Waals surface area contributed by atoms with Crippen molar-refractivity contribution in [2.45, 2.75) is 25.1 Å². The Bertz CT molecular complexity index is 1170. The number of hydrogen-bond acceptors (Lipinski definition) is 5. The van der Waals surface area contributed by atoms with Gasteiger partial charge in [0.05, 0.1) is 11.0 Å². The van der Waals surface area contributed by atoms with Gasteiger partial charge in [-0.15, -0.1) is 0 Å². The maximum atomic E-state index is 13.2. The van der Waals surface area contributed by atoms with E-state index in [0.29, 0.717) is 23.6 Å². The summed E-state index contributed by atoms with van der Waals surface area (Å²) in [6.45, 7) is 0.642. The van der Waals surface area contributed by atoms with Crippen molar-refractivity contribution in [2.75, 3.05) is 23.4 Å². The van der Waals surface area contributed by atoms with Crippen LogP contribution in [0.4, 0.5) is 11.4 Å². The number of anilines is 2. The van der Waals surface area contributed by atoms with Crippen molar-refractivity contribution in [3.63, 3.8) is 0 Å². The molecule has 0 atom stereocenters. The molecule has 0 saturated carbocycles. The highest BCUT2D eigenvalue weighted by Crippen LogP contribution is 2.31. The van der Waals surface area contributed by atoms with Crippen LogP contribution in [0.25, 0.3) is 11.0 Å². The zero-order chi connectivity index (χ0) is 19.9. The van der Waals surface area contributed by atoms with Crippen molar-refractivity contribution in [3.8, 4) is 0 Å². The number of rotatable bonds is 4. The van der Waals surface area contributed by atoms with Crippen LogP contribution in [0.1, 0.15) is 17.8 Å². The lowest BCUT2D eigenvalue weighted by Gasteiger charge is -2.30. The van der Waals surface area contributed by atoms with Crippen molar-refractivity contribution in [1.82, 2.24) is 9.55 Å². The maximum Gasteiger partial charge on any atom is 0.246 e. The average molecular weight is 398 g/mol. The molecule has 3 aromatic rings. The fourth-order valence-electron chi connectivity index (χ4n) is 3.78. The number of nitrogen functional groups attached to an aromatic ring is 1. The second-order valence-electron chi connectivity index (χ2n) is 7.17. The van der Waals surface area contributed by atoms with Crippen LogP contribution in [0.5, 0.6) is 0 Å². The second kappa shape index (κ2) is 6.94. The highest BCUT2D eigenvalue weighted by molar-refractivity contribution is 7.89. The molecule has 146 valence electrons. The summed E-state index contributed by atoms with van der Waals surface area (Å²) in [5, 5.41) is 0. The van der Waals surface area contributed by atoms with E-state index < -0.39 is 9.84 Å². The van der Waals surface area contributed by atoms with Gasteiger partial charge in [0.15, 0.2) is 9.84 Å². The van der Waals surface area contributed by atoms with Crippen LogP contribution in [0.2, 0.25) is 0 Å². The standard InChI is InChI=1S/C20H22N4O3S/c1-28(26,27)13-19-22-16-8-2-3-9-18(16)24(19)12-20(25)23-11-5-6-14-15(21)7-4-10-17(14)23/h2-4,7-10H,5-6,11-13,21H2,1H3. The van der Waals surface area contributed by atoms with E-state index in [2.05, 4.69) is 4.98 Å². The minimum Gasteiger partial charge on any atom is -0.398 e. The fraction of sp³-hybridized carbons (Fsp3) is 0.300. The molecule has 7 nitrogen and oxygen atoms in total. The molecule has 1 aliphatic rings. The molecule has 8 heteroatoms. The lowest BCUT2D eigenvalue weighted by Crippen LogP contribution is -2.38. The minimum absolute atomic E-state index is 0.0274. The summed E-state index contributed by atoms with van der Waals surface area (Å²) in [6.07, 6.45) is 2.86. The van der Waals surface area contributed by atoms with Crippen LogP contribution < -0.4 is 10.6 Å². The molecular formula is C20H22N4O3S. The number of carbonyl (C=O) groups excluding carboxylic acids is 1. The number of aromatic nitrogens is 2. The van der Waals surface area contributed by atoms with Crippen molar-refractivity contribution in [2.24, 2.45) is 0 Å². The lowest BCUT2D eigenvalue weighted by atomic mass is 10.00. The first kappa shape index (κ1) is 18.5. The molecule has 0 fully saturated rings. The van der Waals surface area contributed by atoms with Crippen LogP contribution >= 0.6 is 0 Å². The molecule has 1 aliphatic heterocycles. The van der Waals surface area contributed by atoms with Gasteiger partial charge in [0.1, 0.15) is 18.1 Å².